The van der Waals surface area contributed by atoms with Crippen LogP contribution < -0.4 is 15.4 Å². The Labute approximate surface area is 149 Å². The first-order valence-corrected chi connectivity index (χ1v) is 7.57. The van der Waals surface area contributed by atoms with Gasteiger partial charge in [-0.1, -0.05) is 18.2 Å². The fourth-order valence-corrected chi connectivity index (χ4v) is 2.15. The number of carbonyl (C=O) groups excluding carboxylic acids is 1. The van der Waals surface area contributed by atoms with Crippen molar-refractivity contribution in [1.82, 2.24) is 5.32 Å². The number of methoxy groups -OCH3 is 1. The molecule has 0 aliphatic rings. The van der Waals surface area contributed by atoms with E-state index in [9.17, 15) is 14.9 Å². The molecular weight excluding hydrogens is 342 g/mol. The maximum Gasteiger partial charge on any atom is 0.270 e. The molecule has 0 radical (unpaired) electrons. The Kier molecular flexibility index (Phi) is 6.19. The third kappa shape index (κ3) is 5.70. The molecule has 0 atom stereocenters. The molecule has 7 nitrogen and oxygen atoms in total. The van der Waals surface area contributed by atoms with Crippen LogP contribution in [0.3, 0.4) is 0 Å². The maximum absolute atomic E-state index is 11.9. The van der Waals surface area contributed by atoms with Gasteiger partial charge in [0.05, 0.1) is 12.0 Å². The molecular formula is C17H15N3O4S. The lowest BCUT2D eigenvalue weighted by Crippen LogP contribution is -2.32. The number of hydrogen-bond acceptors (Lipinski definition) is 5. The van der Waals surface area contributed by atoms with Gasteiger partial charge in [0.1, 0.15) is 5.75 Å². The summed E-state index contributed by atoms with van der Waals surface area (Å²) in [6.07, 6.45) is 2.72. The molecule has 0 spiro atoms. The van der Waals surface area contributed by atoms with Crippen molar-refractivity contribution in [2.45, 2.75) is 0 Å². The average Bonchev–Trinajstić information content (AvgIpc) is 2.60. The molecule has 0 fully saturated rings. The highest BCUT2D eigenvalue weighted by Gasteiger charge is 2.05. The highest BCUT2D eigenvalue weighted by molar-refractivity contribution is 7.80. The molecule has 0 aliphatic heterocycles. The largest absolute Gasteiger partial charge is 0.497 e. The van der Waals surface area contributed by atoms with E-state index in [2.05, 4.69) is 10.6 Å². The van der Waals surface area contributed by atoms with E-state index in [0.717, 1.165) is 0 Å². The van der Waals surface area contributed by atoms with Gasteiger partial charge in [0.25, 0.3) is 5.69 Å². The topological polar surface area (TPSA) is 93.5 Å². The van der Waals surface area contributed by atoms with E-state index in [0.29, 0.717) is 17.0 Å². The number of ether oxygens (including phenoxy) is 1. The summed E-state index contributed by atoms with van der Waals surface area (Å²) >= 11 is 5.07. The van der Waals surface area contributed by atoms with Gasteiger partial charge in [0.15, 0.2) is 5.11 Å². The smallest absolute Gasteiger partial charge is 0.270 e. The van der Waals surface area contributed by atoms with Crippen molar-refractivity contribution in [1.29, 1.82) is 0 Å². The van der Waals surface area contributed by atoms with Gasteiger partial charge >= 0.3 is 0 Å². The van der Waals surface area contributed by atoms with Crippen LogP contribution in [0.5, 0.6) is 5.75 Å². The highest BCUT2D eigenvalue weighted by Crippen LogP contribution is 2.16. The zero-order valence-electron chi connectivity index (χ0n) is 13.3. The predicted octanol–water partition coefficient (Wildman–Crippen LogP) is 3.13. The molecule has 0 saturated carbocycles. The van der Waals surface area contributed by atoms with Gasteiger partial charge in [-0.3, -0.25) is 20.2 Å². The van der Waals surface area contributed by atoms with Crippen molar-refractivity contribution >= 4 is 40.7 Å². The fraction of sp³-hybridized carbons (Fsp3) is 0.0588. The summed E-state index contributed by atoms with van der Waals surface area (Å²) < 4.78 is 5.10. The van der Waals surface area contributed by atoms with Gasteiger partial charge in [-0.15, -0.1) is 0 Å². The van der Waals surface area contributed by atoms with Crippen LogP contribution in [0.2, 0.25) is 0 Å². The Morgan fingerprint density at radius 3 is 2.72 bits per heavy atom. The molecule has 0 unspecified atom stereocenters. The van der Waals surface area contributed by atoms with Gasteiger partial charge in [-0.25, -0.2) is 0 Å². The SMILES string of the molecule is COc1cccc(NC(=S)NC(=O)/C=C/c2cccc([N+](=O)[O-])c2)c1. The van der Waals surface area contributed by atoms with Gasteiger partial charge in [0, 0.05) is 30.0 Å². The van der Waals surface area contributed by atoms with Crippen LogP contribution in [0.1, 0.15) is 5.56 Å². The molecule has 0 bridgehead atoms. The van der Waals surface area contributed by atoms with Crippen LogP contribution in [-0.4, -0.2) is 23.1 Å². The third-order valence-corrected chi connectivity index (χ3v) is 3.28. The quantitative estimate of drug-likeness (QED) is 0.370. The lowest BCUT2D eigenvalue weighted by molar-refractivity contribution is -0.384. The zero-order chi connectivity index (χ0) is 18.2. The van der Waals surface area contributed by atoms with Crippen molar-refractivity contribution < 1.29 is 14.5 Å². The van der Waals surface area contributed by atoms with Crippen LogP contribution in [0.4, 0.5) is 11.4 Å². The molecule has 128 valence electrons. The van der Waals surface area contributed by atoms with Crippen LogP contribution in [0.25, 0.3) is 6.08 Å². The van der Waals surface area contributed by atoms with Crippen molar-refractivity contribution in [3.05, 3.63) is 70.3 Å². The molecule has 0 heterocycles. The van der Waals surface area contributed by atoms with Crippen molar-refractivity contribution in [2.24, 2.45) is 0 Å². The summed E-state index contributed by atoms with van der Waals surface area (Å²) in [4.78, 5) is 22.1. The van der Waals surface area contributed by atoms with E-state index in [1.165, 1.54) is 24.3 Å². The summed E-state index contributed by atoms with van der Waals surface area (Å²) in [5.41, 5.74) is 1.17. The summed E-state index contributed by atoms with van der Waals surface area (Å²) in [6.45, 7) is 0. The first-order valence-electron chi connectivity index (χ1n) is 7.16. The number of non-ortho nitro benzene ring substituents is 1. The molecule has 2 N–H and O–H groups in total. The van der Waals surface area contributed by atoms with E-state index < -0.39 is 10.8 Å². The standard InChI is InChI=1S/C17H15N3O4S/c1-24-15-7-3-5-13(11-15)18-17(25)19-16(21)9-8-12-4-2-6-14(10-12)20(22)23/h2-11H,1H3,(H2,18,19,21,25)/b9-8+. The molecule has 25 heavy (non-hydrogen) atoms. The second-order valence-corrected chi connectivity index (χ2v) is 5.27. The van der Waals surface area contributed by atoms with Crippen molar-refractivity contribution in [2.75, 3.05) is 12.4 Å². The average molecular weight is 357 g/mol. The number of nitro groups is 1. The van der Waals surface area contributed by atoms with E-state index in [1.807, 2.05) is 0 Å². The Morgan fingerprint density at radius 2 is 2.00 bits per heavy atom. The number of thiocarbonyl (C=S) groups is 1. The number of nitro benzene ring substituents is 1. The Hall–Kier alpha value is -3.26. The second-order valence-electron chi connectivity index (χ2n) is 4.86. The van der Waals surface area contributed by atoms with Crippen LogP contribution in [0.15, 0.2) is 54.6 Å². The zero-order valence-corrected chi connectivity index (χ0v) is 14.1. The molecule has 2 rings (SSSR count). The number of anilines is 1. The first-order chi connectivity index (χ1) is 12.0. The Balaban J connectivity index is 1.93. The maximum atomic E-state index is 11.9. The number of nitrogens with zero attached hydrogens (tertiary/aromatic N) is 1. The van der Waals surface area contributed by atoms with Gasteiger partial charge in [-0.2, -0.15) is 0 Å². The molecule has 1 amide bonds. The summed E-state index contributed by atoms with van der Waals surface area (Å²) in [5, 5.41) is 16.2. The fourth-order valence-electron chi connectivity index (χ4n) is 1.93. The minimum Gasteiger partial charge on any atom is -0.497 e. The van der Waals surface area contributed by atoms with Gasteiger partial charge in [-0.05, 0) is 36.0 Å². The highest BCUT2D eigenvalue weighted by atomic mass is 32.1. The summed E-state index contributed by atoms with van der Waals surface area (Å²) in [6, 6.07) is 13.0. The summed E-state index contributed by atoms with van der Waals surface area (Å²) in [7, 11) is 1.55. The van der Waals surface area contributed by atoms with Crippen molar-refractivity contribution in [3.63, 3.8) is 0 Å². The lowest BCUT2D eigenvalue weighted by atomic mass is 10.2. The predicted molar refractivity (Wildman–Crippen MR) is 99.5 cm³/mol. The Bertz CT molecular complexity index is 836. The van der Waals surface area contributed by atoms with E-state index in [-0.39, 0.29) is 10.8 Å². The number of benzene rings is 2. The number of hydrogen-bond donors (Lipinski definition) is 2. The minimum absolute atomic E-state index is 0.0437. The van der Waals surface area contributed by atoms with E-state index in [1.54, 1.807) is 43.5 Å². The molecule has 0 saturated heterocycles. The van der Waals surface area contributed by atoms with Crippen LogP contribution in [0, 0.1) is 10.1 Å². The van der Waals surface area contributed by atoms with Gasteiger partial charge < -0.3 is 10.1 Å². The first kappa shape index (κ1) is 18.1. The monoisotopic (exact) mass is 357 g/mol. The van der Waals surface area contributed by atoms with E-state index in [4.69, 9.17) is 17.0 Å². The number of carbonyl (C=O) groups is 1. The Morgan fingerprint density at radius 1 is 1.24 bits per heavy atom. The van der Waals surface area contributed by atoms with Crippen LogP contribution >= 0.6 is 12.2 Å². The molecule has 2 aromatic rings. The van der Waals surface area contributed by atoms with Crippen molar-refractivity contribution in [3.8, 4) is 5.75 Å². The number of amides is 1. The summed E-state index contributed by atoms with van der Waals surface area (Å²) in [5.74, 6) is 0.205. The van der Waals surface area contributed by atoms with Crippen LogP contribution in [-0.2, 0) is 4.79 Å². The number of rotatable bonds is 5. The lowest BCUT2D eigenvalue weighted by Gasteiger charge is -2.09. The second kappa shape index (κ2) is 8.55. The van der Waals surface area contributed by atoms with E-state index >= 15 is 0 Å². The number of nitrogens with one attached hydrogen (secondary N) is 2. The van der Waals surface area contributed by atoms with Gasteiger partial charge in [0.2, 0.25) is 5.91 Å². The molecule has 0 aromatic heterocycles. The molecule has 8 heteroatoms. The molecule has 0 aliphatic carbocycles. The molecule has 2 aromatic carbocycles. The normalized spacial score (nSPS) is 10.3. The third-order valence-electron chi connectivity index (χ3n) is 3.07. The minimum atomic E-state index is -0.495.